The van der Waals surface area contributed by atoms with Crippen LogP contribution in [-0.4, -0.2) is 26.3 Å². The summed E-state index contributed by atoms with van der Waals surface area (Å²) in [5.74, 6) is 1.44. The summed E-state index contributed by atoms with van der Waals surface area (Å²) in [6.45, 7) is 1.87. The second-order valence-electron chi connectivity index (χ2n) is 4.28. The molecule has 1 aliphatic rings. The first-order valence-corrected chi connectivity index (χ1v) is 7.19. The molecule has 0 radical (unpaired) electrons. The van der Waals surface area contributed by atoms with Gasteiger partial charge in [0.1, 0.15) is 0 Å². The maximum Gasteiger partial charge on any atom is 0.212 e. The highest BCUT2D eigenvalue weighted by molar-refractivity contribution is 7.99. The topological polar surface area (TPSA) is 69.1 Å². The fraction of sp³-hybridized carbons (Fsp3) is 0.250. The number of hydrogen-bond donors (Lipinski definition) is 1. The number of rotatable bonds is 2. The lowest BCUT2D eigenvalue weighted by Crippen LogP contribution is -2.17. The first-order chi connectivity index (χ1) is 9.15. The van der Waals surface area contributed by atoms with E-state index in [1.807, 2.05) is 31.2 Å². The number of thioether (sulfide) groups is 1. The quantitative estimate of drug-likeness (QED) is 0.922. The smallest absolute Gasteiger partial charge is 0.212 e. The highest BCUT2D eigenvalue weighted by Crippen LogP contribution is 2.25. The zero-order valence-electron chi connectivity index (χ0n) is 10.2. The molecule has 0 aliphatic carbocycles. The van der Waals surface area contributed by atoms with Gasteiger partial charge in [-0.3, -0.25) is 0 Å². The van der Waals surface area contributed by atoms with Crippen LogP contribution in [0.3, 0.4) is 0 Å². The Kier molecular flexibility index (Phi) is 3.30. The summed E-state index contributed by atoms with van der Waals surface area (Å²) in [6.07, 6.45) is 0. The van der Waals surface area contributed by atoms with Gasteiger partial charge in [-0.05, 0) is 24.6 Å². The van der Waals surface area contributed by atoms with E-state index < -0.39 is 0 Å². The van der Waals surface area contributed by atoms with Gasteiger partial charge < -0.3 is 5.73 Å². The summed E-state index contributed by atoms with van der Waals surface area (Å²) < 4.78 is 1.72. The number of fused-ring (bicyclic) bond motifs is 1. The Labute approximate surface area is 119 Å². The van der Waals surface area contributed by atoms with Crippen molar-refractivity contribution in [3.05, 3.63) is 40.7 Å². The molecule has 0 fully saturated rings. The lowest BCUT2D eigenvalue weighted by atomic mass is 10.1. The Balaban J connectivity index is 2.03. The lowest BCUT2D eigenvalue weighted by Gasteiger charge is -2.14. The highest BCUT2D eigenvalue weighted by Gasteiger charge is 2.21. The molecule has 0 saturated carbocycles. The molecule has 98 valence electrons. The van der Waals surface area contributed by atoms with Crippen molar-refractivity contribution in [1.29, 1.82) is 0 Å². The fourth-order valence-electron chi connectivity index (χ4n) is 1.81. The van der Waals surface area contributed by atoms with E-state index in [1.165, 1.54) is 0 Å². The Morgan fingerprint density at radius 1 is 1.32 bits per heavy atom. The predicted octanol–water partition coefficient (Wildman–Crippen LogP) is 2.31. The maximum atomic E-state index is 5.89. The first kappa shape index (κ1) is 12.7. The minimum Gasteiger partial charge on any atom is -0.321 e. The molecule has 3 rings (SSSR count). The average molecular weight is 294 g/mol. The molecular formula is C12H12ClN5S. The average Bonchev–Trinajstić information content (AvgIpc) is 2.82. The van der Waals surface area contributed by atoms with Gasteiger partial charge >= 0.3 is 0 Å². The van der Waals surface area contributed by atoms with Crippen LogP contribution in [-0.2, 0) is 0 Å². The second kappa shape index (κ2) is 4.96. The van der Waals surface area contributed by atoms with Crippen LogP contribution < -0.4 is 5.73 Å². The van der Waals surface area contributed by atoms with E-state index in [4.69, 9.17) is 17.3 Å². The van der Waals surface area contributed by atoms with Crippen molar-refractivity contribution in [2.24, 2.45) is 10.8 Å². The zero-order chi connectivity index (χ0) is 13.4. The first-order valence-electron chi connectivity index (χ1n) is 5.82. The van der Waals surface area contributed by atoms with E-state index >= 15 is 0 Å². The molecule has 0 spiro atoms. The molecule has 1 atom stereocenters. The van der Waals surface area contributed by atoms with E-state index in [0.717, 1.165) is 22.2 Å². The third kappa shape index (κ3) is 2.39. The number of nitrogens with zero attached hydrogens (tertiary/aromatic N) is 4. The minimum absolute atomic E-state index is 0.199. The van der Waals surface area contributed by atoms with Gasteiger partial charge in [-0.2, -0.15) is 9.78 Å². The number of halogens is 1. The van der Waals surface area contributed by atoms with Crippen molar-refractivity contribution in [3.8, 4) is 0 Å². The van der Waals surface area contributed by atoms with Crippen molar-refractivity contribution in [3.63, 3.8) is 0 Å². The van der Waals surface area contributed by atoms with E-state index in [2.05, 4.69) is 15.3 Å². The zero-order valence-corrected chi connectivity index (χ0v) is 11.8. The molecule has 0 bridgehead atoms. The van der Waals surface area contributed by atoms with Gasteiger partial charge in [-0.15, -0.1) is 10.2 Å². The van der Waals surface area contributed by atoms with Gasteiger partial charge in [0.25, 0.3) is 0 Å². The standard InChI is InChI=1S/C12H12ClN5S/c1-7(14)11-15-16-12-18(11)17-10(6-19-12)8-2-4-9(13)5-3-8/h2-5,7H,6,14H2,1H3. The van der Waals surface area contributed by atoms with Crippen LogP contribution in [0.4, 0.5) is 0 Å². The molecule has 5 nitrogen and oxygen atoms in total. The molecule has 1 aromatic carbocycles. The number of hydrogen-bond acceptors (Lipinski definition) is 5. The van der Waals surface area contributed by atoms with Gasteiger partial charge in [0.15, 0.2) is 5.82 Å². The Morgan fingerprint density at radius 2 is 2.05 bits per heavy atom. The van der Waals surface area contributed by atoms with Crippen molar-refractivity contribution >= 4 is 29.1 Å². The fourth-order valence-corrected chi connectivity index (χ4v) is 2.78. The van der Waals surface area contributed by atoms with Gasteiger partial charge in [0.05, 0.1) is 11.8 Å². The van der Waals surface area contributed by atoms with Crippen LogP contribution >= 0.6 is 23.4 Å². The normalized spacial score (nSPS) is 15.8. The van der Waals surface area contributed by atoms with Crippen molar-refractivity contribution < 1.29 is 0 Å². The molecule has 7 heteroatoms. The van der Waals surface area contributed by atoms with Crippen LogP contribution in [0.2, 0.25) is 5.02 Å². The van der Waals surface area contributed by atoms with Gasteiger partial charge in [0, 0.05) is 10.8 Å². The molecule has 1 unspecified atom stereocenters. The van der Waals surface area contributed by atoms with Gasteiger partial charge in [0.2, 0.25) is 5.16 Å². The van der Waals surface area contributed by atoms with Crippen molar-refractivity contribution in [2.45, 2.75) is 18.1 Å². The third-order valence-electron chi connectivity index (χ3n) is 2.78. The van der Waals surface area contributed by atoms with E-state index in [9.17, 15) is 0 Å². The maximum absolute atomic E-state index is 5.89. The number of benzene rings is 1. The number of nitrogens with two attached hydrogens (primary N) is 1. The molecule has 0 amide bonds. The summed E-state index contributed by atoms with van der Waals surface area (Å²) in [5.41, 5.74) is 7.88. The van der Waals surface area contributed by atoms with Crippen LogP contribution in [0, 0.1) is 0 Å². The summed E-state index contributed by atoms with van der Waals surface area (Å²) in [4.78, 5) is 0. The van der Waals surface area contributed by atoms with Crippen LogP contribution in [0.15, 0.2) is 34.5 Å². The van der Waals surface area contributed by atoms with Crippen molar-refractivity contribution in [1.82, 2.24) is 14.9 Å². The Hall–Kier alpha value is -1.37. The molecular weight excluding hydrogens is 282 g/mol. The van der Waals surface area contributed by atoms with Crippen molar-refractivity contribution in [2.75, 3.05) is 5.75 Å². The summed E-state index contributed by atoms with van der Waals surface area (Å²) in [6, 6.07) is 7.44. The van der Waals surface area contributed by atoms with Crippen LogP contribution in [0.5, 0.6) is 0 Å². The highest BCUT2D eigenvalue weighted by atomic mass is 35.5. The SMILES string of the molecule is CC(N)c1nnc2n1N=C(c1ccc(Cl)cc1)CS2. The van der Waals surface area contributed by atoms with Crippen LogP contribution in [0.25, 0.3) is 0 Å². The Bertz CT molecular complexity index is 632. The Morgan fingerprint density at radius 3 is 2.74 bits per heavy atom. The molecule has 19 heavy (non-hydrogen) atoms. The number of aromatic nitrogens is 3. The monoisotopic (exact) mass is 293 g/mol. The molecule has 1 aromatic heterocycles. The van der Waals surface area contributed by atoms with E-state index in [0.29, 0.717) is 10.8 Å². The van der Waals surface area contributed by atoms with E-state index in [1.54, 1.807) is 16.4 Å². The molecule has 2 aromatic rings. The summed E-state index contributed by atoms with van der Waals surface area (Å²) in [5, 5.41) is 14.3. The molecule has 1 aliphatic heterocycles. The molecule has 2 heterocycles. The lowest BCUT2D eigenvalue weighted by molar-refractivity contribution is 0.646. The van der Waals surface area contributed by atoms with E-state index in [-0.39, 0.29) is 6.04 Å². The predicted molar refractivity (Wildman–Crippen MR) is 76.7 cm³/mol. The minimum atomic E-state index is -0.199. The van der Waals surface area contributed by atoms with Gasteiger partial charge in [-0.25, -0.2) is 0 Å². The molecule has 2 N–H and O–H groups in total. The second-order valence-corrected chi connectivity index (χ2v) is 5.66. The van der Waals surface area contributed by atoms with Gasteiger partial charge in [-0.1, -0.05) is 35.5 Å². The molecule has 0 saturated heterocycles. The third-order valence-corrected chi connectivity index (χ3v) is 3.96. The summed E-state index contributed by atoms with van der Waals surface area (Å²) in [7, 11) is 0. The summed E-state index contributed by atoms with van der Waals surface area (Å²) >= 11 is 7.50. The van der Waals surface area contributed by atoms with Crippen LogP contribution in [0.1, 0.15) is 24.4 Å². The largest absolute Gasteiger partial charge is 0.321 e.